The summed E-state index contributed by atoms with van der Waals surface area (Å²) in [4.78, 5) is 4.69. The van der Waals surface area contributed by atoms with Crippen LogP contribution in [0, 0.1) is 11.3 Å². The Morgan fingerprint density at radius 2 is 1.89 bits per heavy atom. The molecule has 1 heterocycles. The molecule has 0 saturated heterocycles. The van der Waals surface area contributed by atoms with Crippen LogP contribution in [0.2, 0.25) is 0 Å². The summed E-state index contributed by atoms with van der Waals surface area (Å²) in [6.45, 7) is 0.875. The monoisotopic (exact) mass is 370 g/mol. The van der Waals surface area contributed by atoms with E-state index in [9.17, 15) is 5.26 Å². The minimum absolute atomic E-state index is 0.0484. The van der Waals surface area contributed by atoms with Gasteiger partial charge in [-0.3, -0.25) is 0 Å². The van der Waals surface area contributed by atoms with Crippen LogP contribution in [0.25, 0.3) is 11.5 Å². The summed E-state index contributed by atoms with van der Waals surface area (Å²) in [6.07, 6.45) is 4.52. The standard InChI is InChI=1S/C23H22N4O/c24-14-17-9-4-5-10-18(17)21-26-22(27-28-21)23(11-6-12-23)15-25-20-13-19(20)16-7-2-1-3-8-16/h1-5,7-10,19-20,25H,6,11-13,15H2/t19-,20?/m1/s1. The van der Waals surface area contributed by atoms with Crippen molar-refractivity contribution in [2.45, 2.75) is 43.1 Å². The third kappa shape index (κ3) is 3.00. The van der Waals surface area contributed by atoms with E-state index in [0.717, 1.165) is 25.2 Å². The van der Waals surface area contributed by atoms with Crippen molar-refractivity contribution in [1.29, 1.82) is 5.26 Å². The first-order valence-electron chi connectivity index (χ1n) is 9.91. The highest BCUT2D eigenvalue weighted by Gasteiger charge is 2.46. The van der Waals surface area contributed by atoms with Crippen molar-refractivity contribution in [3.8, 4) is 17.5 Å². The third-order valence-corrected chi connectivity index (χ3v) is 6.21. The maximum atomic E-state index is 9.32. The van der Waals surface area contributed by atoms with E-state index in [1.54, 1.807) is 6.07 Å². The Balaban J connectivity index is 1.30. The van der Waals surface area contributed by atoms with Crippen molar-refractivity contribution >= 4 is 0 Å². The largest absolute Gasteiger partial charge is 0.334 e. The van der Waals surface area contributed by atoms with Gasteiger partial charge in [0.15, 0.2) is 5.82 Å². The number of hydrogen-bond acceptors (Lipinski definition) is 5. The van der Waals surface area contributed by atoms with E-state index < -0.39 is 0 Å². The van der Waals surface area contributed by atoms with Gasteiger partial charge in [-0.2, -0.15) is 10.2 Å². The molecule has 1 unspecified atom stereocenters. The first kappa shape index (κ1) is 17.2. The summed E-state index contributed by atoms with van der Waals surface area (Å²) in [5.74, 6) is 1.82. The Labute approximate surface area is 164 Å². The third-order valence-electron chi connectivity index (χ3n) is 6.21. The van der Waals surface area contributed by atoms with Crippen LogP contribution >= 0.6 is 0 Å². The lowest BCUT2D eigenvalue weighted by molar-refractivity contribution is 0.211. The van der Waals surface area contributed by atoms with Crippen LogP contribution in [0.3, 0.4) is 0 Å². The van der Waals surface area contributed by atoms with Gasteiger partial charge in [0, 0.05) is 23.9 Å². The molecule has 0 amide bonds. The van der Waals surface area contributed by atoms with Gasteiger partial charge in [-0.25, -0.2) is 0 Å². The molecule has 0 spiro atoms. The summed E-state index contributed by atoms with van der Waals surface area (Å²) < 4.78 is 5.55. The van der Waals surface area contributed by atoms with Crippen LogP contribution in [0.1, 0.15) is 48.6 Å². The van der Waals surface area contributed by atoms with Gasteiger partial charge in [-0.05, 0) is 37.0 Å². The van der Waals surface area contributed by atoms with Crippen molar-refractivity contribution in [3.05, 3.63) is 71.5 Å². The van der Waals surface area contributed by atoms with Crippen molar-refractivity contribution in [1.82, 2.24) is 15.5 Å². The summed E-state index contributed by atoms with van der Waals surface area (Å²) in [5.41, 5.74) is 2.63. The molecule has 2 aliphatic rings. The Bertz CT molecular complexity index is 1020. The van der Waals surface area contributed by atoms with E-state index in [1.807, 2.05) is 18.2 Å². The molecular weight excluding hydrogens is 348 g/mol. The van der Waals surface area contributed by atoms with Gasteiger partial charge < -0.3 is 9.84 Å². The zero-order valence-electron chi connectivity index (χ0n) is 15.6. The van der Waals surface area contributed by atoms with Gasteiger partial charge in [0.25, 0.3) is 5.89 Å². The summed E-state index contributed by atoms with van der Waals surface area (Å²) in [7, 11) is 0. The number of nitrogens with zero attached hydrogens (tertiary/aromatic N) is 3. The SMILES string of the molecule is N#Cc1ccccc1-c1nc(C2(CNC3C[C@@H]3c3ccccc3)CCC2)no1. The fourth-order valence-corrected chi connectivity index (χ4v) is 4.21. The number of nitrogens with one attached hydrogen (secondary N) is 1. The van der Waals surface area contributed by atoms with E-state index in [-0.39, 0.29) is 5.41 Å². The fraction of sp³-hybridized carbons (Fsp3) is 0.348. The minimum Gasteiger partial charge on any atom is -0.334 e. The van der Waals surface area contributed by atoms with Gasteiger partial charge in [0.1, 0.15) is 0 Å². The van der Waals surface area contributed by atoms with E-state index in [4.69, 9.17) is 4.52 Å². The zero-order chi connectivity index (χ0) is 19.0. The molecule has 2 saturated carbocycles. The smallest absolute Gasteiger partial charge is 0.259 e. The molecule has 0 aliphatic heterocycles. The normalized spacial score (nSPS) is 22.2. The van der Waals surface area contributed by atoms with Gasteiger partial charge >= 0.3 is 0 Å². The maximum absolute atomic E-state index is 9.32. The first-order valence-corrected chi connectivity index (χ1v) is 9.91. The molecule has 1 aromatic heterocycles. The molecule has 2 atom stereocenters. The molecule has 5 rings (SSSR count). The molecule has 2 aromatic carbocycles. The first-order chi connectivity index (χ1) is 13.8. The van der Waals surface area contributed by atoms with Gasteiger partial charge in [-0.15, -0.1) is 0 Å². The predicted octanol–water partition coefficient (Wildman–Crippen LogP) is 4.18. The highest BCUT2D eigenvalue weighted by atomic mass is 16.5. The summed E-state index contributed by atoms with van der Waals surface area (Å²) in [5, 5.41) is 17.4. The number of rotatable bonds is 6. The molecule has 0 bridgehead atoms. The second-order valence-electron chi connectivity index (χ2n) is 7.95. The van der Waals surface area contributed by atoms with Crippen molar-refractivity contribution in [2.75, 3.05) is 6.54 Å². The van der Waals surface area contributed by atoms with Crippen LogP contribution in [-0.2, 0) is 5.41 Å². The van der Waals surface area contributed by atoms with Crippen LogP contribution in [0.15, 0.2) is 59.1 Å². The molecule has 5 heteroatoms. The number of hydrogen-bond donors (Lipinski definition) is 1. The average molecular weight is 370 g/mol. The van der Waals surface area contributed by atoms with E-state index >= 15 is 0 Å². The number of nitriles is 1. The molecular formula is C23H22N4O. The summed E-state index contributed by atoms with van der Waals surface area (Å²) in [6, 6.07) is 20.8. The Kier molecular flexibility index (Phi) is 4.22. The predicted molar refractivity (Wildman–Crippen MR) is 106 cm³/mol. The van der Waals surface area contributed by atoms with Crippen molar-refractivity contribution in [3.63, 3.8) is 0 Å². The molecule has 1 N–H and O–H groups in total. The lowest BCUT2D eigenvalue weighted by atomic mass is 9.68. The molecule has 5 nitrogen and oxygen atoms in total. The Morgan fingerprint density at radius 3 is 2.64 bits per heavy atom. The Hall–Kier alpha value is -2.97. The second-order valence-corrected chi connectivity index (χ2v) is 7.95. The minimum atomic E-state index is -0.0484. The van der Waals surface area contributed by atoms with Crippen molar-refractivity contribution < 1.29 is 4.52 Å². The van der Waals surface area contributed by atoms with Crippen LogP contribution in [-0.4, -0.2) is 22.7 Å². The maximum Gasteiger partial charge on any atom is 0.259 e. The van der Waals surface area contributed by atoms with Gasteiger partial charge in [0.05, 0.1) is 17.2 Å². The van der Waals surface area contributed by atoms with Gasteiger partial charge in [0.2, 0.25) is 0 Å². The van der Waals surface area contributed by atoms with E-state index in [1.165, 1.54) is 18.4 Å². The zero-order valence-corrected chi connectivity index (χ0v) is 15.6. The summed E-state index contributed by atoms with van der Waals surface area (Å²) >= 11 is 0. The molecule has 2 aliphatic carbocycles. The van der Waals surface area contributed by atoms with Gasteiger partial charge in [-0.1, -0.05) is 54.0 Å². The van der Waals surface area contributed by atoms with Crippen LogP contribution in [0.4, 0.5) is 0 Å². The van der Waals surface area contributed by atoms with Crippen LogP contribution < -0.4 is 5.32 Å². The number of aromatic nitrogens is 2. The van der Waals surface area contributed by atoms with E-state index in [2.05, 4.69) is 51.9 Å². The average Bonchev–Trinajstić information content (AvgIpc) is 3.33. The molecule has 3 aromatic rings. The fourth-order valence-electron chi connectivity index (χ4n) is 4.21. The number of benzene rings is 2. The second kappa shape index (κ2) is 6.88. The topological polar surface area (TPSA) is 74.7 Å². The highest BCUT2D eigenvalue weighted by Crippen LogP contribution is 2.45. The molecule has 140 valence electrons. The van der Waals surface area contributed by atoms with E-state index in [0.29, 0.717) is 29.0 Å². The quantitative estimate of drug-likeness (QED) is 0.705. The van der Waals surface area contributed by atoms with Crippen LogP contribution in [0.5, 0.6) is 0 Å². The molecule has 0 radical (unpaired) electrons. The molecule has 2 fully saturated rings. The Morgan fingerprint density at radius 1 is 1.11 bits per heavy atom. The highest BCUT2D eigenvalue weighted by molar-refractivity contribution is 5.62. The lowest BCUT2D eigenvalue weighted by Crippen LogP contribution is -2.45. The lowest BCUT2D eigenvalue weighted by Gasteiger charge is -2.39. The van der Waals surface area contributed by atoms with Crippen molar-refractivity contribution in [2.24, 2.45) is 0 Å². The molecule has 28 heavy (non-hydrogen) atoms.